The van der Waals surface area contributed by atoms with E-state index in [-0.39, 0.29) is 10.6 Å². The number of halogens is 3. The van der Waals surface area contributed by atoms with E-state index in [1.165, 1.54) is 18.3 Å². The molecule has 0 spiro atoms. The molecule has 0 bridgehead atoms. The van der Waals surface area contributed by atoms with Crippen molar-refractivity contribution >= 4 is 52.9 Å². The molecule has 0 aliphatic heterocycles. The lowest BCUT2D eigenvalue weighted by molar-refractivity contribution is 0.0734. The van der Waals surface area contributed by atoms with Crippen LogP contribution in [0.1, 0.15) is 26.3 Å². The fourth-order valence-corrected chi connectivity index (χ4v) is 3.05. The van der Waals surface area contributed by atoms with Crippen LogP contribution < -0.4 is 10.2 Å². The van der Waals surface area contributed by atoms with Gasteiger partial charge in [0, 0.05) is 5.02 Å². The minimum atomic E-state index is -0.618. The van der Waals surface area contributed by atoms with Gasteiger partial charge in [0.25, 0.3) is 5.91 Å². The Bertz CT molecular complexity index is 1100. The molecule has 1 N–H and O–H groups in total. The first-order valence-electron chi connectivity index (χ1n) is 8.29. The number of ether oxygens (including phenoxy) is 1. The van der Waals surface area contributed by atoms with Crippen LogP contribution >= 0.6 is 34.8 Å². The van der Waals surface area contributed by atoms with E-state index in [4.69, 9.17) is 39.5 Å². The van der Waals surface area contributed by atoms with Crippen molar-refractivity contribution in [3.63, 3.8) is 0 Å². The third-order valence-electron chi connectivity index (χ3n) is 3.72. The molecule has 0 atom stereocenters. The lowest BCUT2D eigenvalue weighted by Gasteiger charge is -2.07. The van der Waals surface area contributed by atoms with Crippen LogP contribution in [0.4, 0.5) is 0 Å². The predicted octanol–water partition coefficient (Wildman–Crippen LogP) is 5.63. The Morgan fingerprint density at radius 3 is 2.41 bits per heavy atom. The molecule has 0 saturated carbocycles. The van der Waals surface area contributed by atoms with Gasteiger partial charge >= 0.3 is 5.97 Å². The summed E-state index contributed by atoms with van der Waals surface area (Å²) in [6.07, 6.45) is 1.42. The lowest BCUT2D eigenvalue weighted by atomic mass is 10.2. The summed E-state index contributed by atoms with van der Waals surface area (Å²) in [6, 6.07) is 17.8. The number of esters is 1. The standard InChI is InChI=1S/C21H13Cl3N2O3/c22-14-8-9-17(19(24)11-14)21(28)29-15-5-3-4-13(10-15)12-25-26-20(27)16-6-1-2-7-18(16)23/h1-12H,(H,26,27)/b25-12-. The number of hydrogen-bond acceptors (Lipinski definition) is 4. The van der Waals surface area contributed by atoms with Gasteiger partial charge in [0.2, 0.25) is 0 Å². The zero-order valence-corrected chi connectivity index (χ0v) is 17.0. The number of amides is 1. The van der Waals surface area contributed by atoms with Gasteiger partial charge in [0.05, 0.1) is 27.4 Å². The van der Waals surface area contributed by atoms with Gasteiger partial charge in [-0.2, -0.15) is 5.10 Å². The molecule has 0 saturated heterocycles. The van der Waals surface area contributed by atoms with Crippen LogP contribution in [-0.4, -0.2) is 18.1 Å². The first kappa shape index (κ1) is 20.9. The maximum Gasteiger partial charge on any atom is 0.345 e. The van der Waals surface area contributed by atoms with Crippen LogP contribution in [0.5, 0.6) is 5.75 Å². The van der Waals surface area contributed by atoms with Crippen molar-refractivity contribution in [2.24, 2.45) is 5.10 Å². The maximum absolute atomic E-state index is 12.3. The van der Waals surface area contributed by atoms with Gasteiger partial charge in [-0.25, -0.2) is 10.2 Å². The Labute approximate surface area is 181 Å². The molecule has 0 aliphatic rings. The van der Waals surface area contributed by atoms with Crippen molar-refractivity contribution in [2.45, 2.75) is 0 Å². The second-order valence-electron chi connectivity index (χ2n) is 5.77. The number of carbonyl (C=O) groups is 2. The lowest BCUT2D eigenvalue weighted by Crippen LogP contribution is -2.17. The molecule has 3 rings (SSSR count). The minimum Gasteiger partial charge on any atom is -0.423 e. The Hall–Kier alpha value is -2.86. The number of hydrogen-bond donors (Lipinski definition) is 1. The molecule has 0 aromatic heterocycles. The maximum atomic E-state index is 12.3. The molecular formula is C21H13Cl3N2O3. The molecule has 3 aromatic rings. The molecule has 5 nitrogen and oxygen atoms in total. The molecule has 0 fully saturated rings. The van der Waals surface area contributed by atoms with Crippen LogP contribution in [0.2, 0.25) is 15.1 Å². The third kappa shape index (κ3) is 5.57. The van der Waals surface area contributed by atoms with Gasteiger partial charge in [-0.05, 0) is 48.0 Å². The number of rotatable bonds is 5. The second kappa shape index (κ2) is 9.56. The highest BCUT2D eigenvalue weighted by atomic mass is 35.5. The summed E-state index contributed by atoms with van der Waals surface area (Å²) in [5.41, 5.74) is 3.51. The molecule has 3 aromatic carbocycles. The van der Waals surface area contributed by atoms with E-state index in [1.54, 1.807) is 54.6 Å². The van der Waals surface area contributed by atoms with Gasteiger partial charge in [-0.3, -0.25) is 4.79 Å². The zero-order valence-electron chi connectivity index (χ0n) is 14.7. The third-order valence-corrected chi connectivity index (χ3v) is 4.60. The van der Waals surface area contributed by atoms with Gasteiger partial charge in [0.15, 0.2) is 0 Å². The first-order chi connectivity index (χ1) is 13.9. The Morgan fingerprint density at radius 2 is 1.66 bits per heavy atom. The minimum absolute atomic E-state index is 0.196. The number of nitrogens with one attached hydrogen (secondary N) is 1. The van der Waals surface area contributed by atoms with E-state index in [0.29, 0.717) is 26.9 Å². The molecule has 146 valence electrons. The zero-order chi connectivity index (χ0) is 20.8. The van der Waals surface area contributed by atoms with Crippen molar-refractivity contribution in [2.75, 3.05) is 0 Å². The van der Waals surface area contributed by atoms with Crippen molar-refractivity contribution in [3.05, 3.63) is 98.5 Å². The van der Waals surface area contributed by atoms with E-state index in [9.17, 15) is 9.59 Å². The van der Waals surface area contributed by atoms with E-state index >= 15 is 0 Å². The van der Waals surface area contributed by atoms with Gasteiger partial charge in [-0.1, -0.05) is 59.1 Å². The summed E-state index contributed by atoms with van der Waals surface area (Å²) in [7, 11) is 0. The topological polar surface area (TPSA) is 67.8 Å². The average Bonchev–Trinajstić information content (AvgIpc) is 2.68. The number of benzene rings is 3. The van der Waals surface area contributed by atoms with Gasteiger partial charge < -0.3 is 4.74 Å². The summed E-state index contributed by atoms with van der Waals surface area (Å²) >= 11 is 17.8. The van der Waals surface area contributed by atoms with E-state index in [1.807, 2.05) is 0 Å². The van der Waals surface area contributed by atoms with Crippen LogP contribution in [0.3, 0.4) is 0 Å². The molecule has 0 unspecified atom stereocenters. The molecule has 0 heterocycles. The average molecular weight is 448 g/mol. The first-order valence-corrected chi connectivity index (χ1v) is 9.42. The summed E-state index contributed by atoms with van der Waals surface area (Å²) in [6.45, 7) is 0. The number of carbonyl (C=O) groups excluding carboxylic acids is 2. The summed E-state index contributed by atoms with van der Waals surface area (Å²) in [5.74, 6) is -0.762. The Morgan fingerprint density at radius 1 is 0.862 bits per heavy atom. The smallest absolute Gasteiger partial charge is 0.345 e. The van der Waals surface area contributed by atoms with Crippen LogP contribution in [0.15, 0.2) is 71.8 Å². The van der Waals surface area contributed by atoms with E-state index in [2.05, 4.69) is 10.5 Å². The highest BCUT2D eigenvalue weighted by molar-refractivity contribution is 6.36. The number of nitrogens with zero attached hydrogens (tertiary/aromatic N) is 1. The van der Waals surface area contributed by atoms with E-state index in [0.717, 1.165) is 0 Å². The second-order valence-corrected chi connectivity index (χ2v) is 7.02. The predicted molar refractivity (Wildman–Crippen MR) is 114 cm³/mol. The van der Waals surface area contributed by atoms with Crippen molar-refractivity contribution in [3.8, 4) is 5.75 Å². The van der Waals surface area contributed by atoms with Crippen molar-refractivity contribution in [1.82, 2.24) is 5.43 Å². The van der Waals surface area contributed by atoms with E-state index < -0.39 is 11.9 Å². The molecule has 29 heavy (non-hydrogen) atoms. The van der Waals surface area contributed by atoms with Crippen LogP contribution in [0, 0.1) is 0 Å². The fourth-order valence-electron chi connectivity index (χ4n) is 2.35. The fraction of sp³-hybridized carbons (Fsp3) is 0. The quantitative estimate of drug-likeness (QED) is 0.238. The van der Waals surface area contributed by atoms with Crippen molar-refractivity contribution in [1.29, 1.82) is 0 Å². The molecule has 0 radical (unpaired) electrons. The molecule has 0 aliphatic carbocycles. The summed E-state index contributed by atoms with van der Waals surface area (Å²) < 4.78 is 5.34. The number of hydrazone groups is 1. The molecule has 8 heteroatoms. The Kier molecular flexibility index (Phi) is 6.88. The highest BCUT2D eigenvalue weighted by Gasteiger charge is 2.13. The SMILES string of the molecule is O=C(N/N=C\c1cccc(OC(=O)c2ccc(Cl)cc2Cl)c1)c1ccccc1Cl. The Balaban J connectivity index is 1.66. The summed E-state index contributed by atoms with van der Waals surface area (Å²) in [5, 5.41) is 4.85. The summed E-state index contributed by atoms with van der Waals surface area (Å²) in [4.78, 5) is 24.4. The molecular weight excluding hydrogens is 435 g/mol. The molecule has 1 amide bonds. The highest BCUT2D eigenvalue weighted by Crippen LogP contribution is 2.23. The van der Waals surface area contributed by atoms with Crippen LogP contribution in [-0.2, 0) is 0 Å². The van der Waals surface area contributed by atoms with Crippen molar-refractivity contribution < 1.29 is 14.3 Å². The normalized spacial score (nSPS) is 10.7. The monoisotopic (exact) mass is 446 g/mol. The van der Waals surface area contributed by atoms with Gasteiger partial charge in [-0.15, -0.1) is 0 Å². The van der Waals surface area contributed by atoms with Gasteiger partial charge in [0.1, 0.15) is 5.75 Å². The van der Waals surface area contributed by atoms with Crippen LogP contribution in [0.25, 0.3) is 0 Å². The largest absolute Gasteiger partial charge is 0.423 e.